The van der Waals surface area contributed by atoms with Gasteiger partial charge in [0.2, 0.25) is 0 Å². The smallest absolute Gasteiger partial charge is 0.388 e. The minimum atomic E-state index is -4.42. The number of hydrogen-bond acceptors (Lipinski definition) is 6. The SMILES string of the molecule is CCCCc1nc(-c2ccc(C(F)(F)F)cc2)sc1C(OC)c1ccc(-c2n[nH]c(=O)o2)c(F)c1. The maximum Gasteiger partial charge on any atom is 0.434 e. The third kappa shape index (κ3) is 5.35. The third-order valence-corrected chi connectivity index (χ3v) is 6.58. The molecule has 0 aliphatic carbocycles. The van der Waals surface area contributed by atoms with Crippen molar-refractivity contribution in [3.63, 3.8) is 0 Å². The molecule has 4 aromatic rings. The Morgan fingerprint density at radius 1 is 1.17 bits per heavy atom. The van der Waals surface area contributed by atoms with Crippen LogP contribution in [0.4, 0.5) is 17.6 Å². The lowest BCUT2D eigenvalue weighted by Crippen LogP contribution is -2.06. The number of ether oxygens (including phenoxy) is 1. The molecule has 6 nitrogen and oxygen atoms in total. The predicted molar refractivity (Wildman–Crippen MR) is 123 cm³/mol. The monoisotopic (exact) mass is 507 g/mol. The zero-order valence-electron chi connectivity index (χ0n) is 18.8. The summed E-state index contributed by atoms with van der Waals surface area (Å²) in [6.07, 6.45) is -2.67. The molecule has 2 aromatic heterocycles. The molecule has 0 spiro atoms. The number of rotatable bonds is 8. The van der Waals surface area contributed by atoms with Crippen molar-refractivity contribution in [1.29, 1.82) is 0 Å². The summed E-state index contributed by atoms with van der Waals surface area (Å²) >= 11 is 1.30. The number of aryl methyl sites for hydroxylation is 1. The topological polar surface area (TPSA) is 81.0 Å². The molecule has 4 rings (SSSR count). The van der Waals surface area contributed by atoms with Gasteiger partial charge in [-0.2, -0.15) is 13.2 Å². The molecular weight excluding hydrogens is 486 g/mol. The van der Waals surface area contributed by atoms with Gasteiger partial charge in [0.15, 0.2) is 0 Å². The highest BCUT2D eigenvalue weighted by Crippen LogP contribution is 2.39. The van der Waals surface area contributed by atoms with E-state index < -0.39 is 29.4 Å². The van der Waals surface area contributed by atoms with Crippen molar-refractivity contribution in [3.8, 4) is 22.0 Å². The van der Waals surface area contributed by atoms with E-state index in [0.717, 1.165) is 35.5 Å². The van der Waals surface area contributed by atoms with Crippen LogP contribution >= 0.6 is 11.3 Å². The van der Waals surface area contributed by atoms with Gasteiger partial charge in [-0.15, -0.1) is 16.4 Å². The molecule has 0 amide bonds. The first-order chi connectivity index (χ1) is 16.7. The molecule has 1 atom stereocenters. The van der Waals surface area contributed by atoms with E-state index in [0.29, 0.717) is 22.6 Å². The lowest BCUT2D eigenvalue weighted by atomic mass is 10.0. The van der Waals surface area contributed by atoms with E-state index in [9.17, 15) is 22.4 Å². The molecule has 0 saturated heterocycles. The number of aromatic amines is 1. The van der Waals surface area contributed by atoms with E-state index in [4.69, 9.17) is 14.1 Å². The molecule has 2 aromatic carbocycles. The second kappa shape index (κ2) is 10.1. The van der Waals surface area contributed by atoms with E-state index in [1.807, 2.05) is 6.92 Å². The Hall–Kier alpha value is -3.31. The molecule has 0 radical (unpaired) electrons. The summed E-state index contributed by atoms with van der Waals surface area (Å²) in [4.78, 5) is 16.6. The fourth-order valence-electron chi connectivity index (χ4n) is 3.62. The van der Waals surface area contributed by atoms with Crippen molar-refractivity contribution >= 4 is 11.3 Å². The van der Waals surface area contributed by atoms with Crippen molar-refractivity contribution in [3.05, 3.63) is 80.5 Å². The van der Waals surface area contributed by atoms with Crippen molar-refractivity contribution in [2.24, 2.45) is 0 Å². The Balaban J connectivity index is 1.71. The second-order valence-corrected chi connectivity index (χ2v) is 8.81. The Kier molecular flexibility index (Phi) is 7.18. The van der Waals surface area contributed by atoms with Crippen molar-refractivity contribution in [1.82, 2.24) is 15.2 Å². The molecule has 0 aliphatic rings. The molecule has 2 heterocycles. The van der Waals surface area contributed by atoms with Crippen LogP contribution in [0.15, 0.2) is 51.7 Å². The number of unbranched alkanes of at least 4 members (excludes halogenated alkanes) is 1. The van der Waals surface area contributed by atoms with Crippen LogP contribution in [0.2, 0.25) is 0 Å². The van der Waals surface area contributed by atoms with E-state index in [1.54, 1.807) is 6.07 Å². The van der Waals surface area contributed by atoms with E-state index in [-0.39, 0.29) is 11.5 Å². The lowest BCUT2D eigenvalue weighted by Gasteiger charge is -2.16. The number of nitrogens with zero attached hydrogens (tertiary/aromatic N) is 2. The molecule has 0 saturated carbocycles. The minimum Gasteiger partial charge on any atom is -0.388 e. The van der Waals surface area contributed by atoms with Crippen LogP contribution in [0, 0.1) is 5.82 Å². The third-order valence-electron chi connectivity index (χ3n) is 5.39. The summed E-state index contributed by atoms with van der Waals surface area (Å²) < 4.78 is 64.3. The van der Waals surface area contributed by atoms with Gasteiger partial charge >= 0.3 is 11.9 Å². The number of alkyl halides is 3. The van der Waals surface area contributed by atoms with Crippen molar-refractivity contribution in [2.45, 2.75) is 38.5 Å². The molecule has 184 valence electrons. The van der Waals surface area contributed by atoms with Crippen LogP contribution < -0.4 is 5.76 Å². The fourth-order valence-corrected chi connectivity index (χ4v) is 4.85. The Bertz CT molecular complexity index is 1360. The van der Waals surface area contributed by atoms with Crippen molar-refractivity contribution < 1.29 is 26.7 Å². The van der Waals surface area contributed by atoms with Gasteiger partial charge in [0.05, 0.1) is 21.7 Å². The number of thiazole rings is 1. The summed E-state index contributed by atoms with van der Waals surface area (Å²) in [7, 11) is 1.49. The summed E-state index contributed by atoms with van der Waals surface area (Å²) in [6, 6.07) is 9.20. The number of hydrogen-bond donors (Lipinski definition) is 1. The van der Waals surface area contributed by atoms with Gasteiger partial charge in [-0.25, -0.2) is 19.3 Å². The Morgan fingerprint density at radius 3 is 2.49 bits per heavy atom. The van der Waals surface area contributed by atoms with Gasteiger partial charge in [-0.05, 0) is 42.7 Å². The van der Waals surface area contributed by atoms with E-state index >= 15 is 0 Å². The average molecular weight is 508 g/mol. The highest BCUT2D eigenvalue weighted by atomic mass is 32.1. The Morgan fingerprint density at radius 2 is 1.91 bits per heavy atom. The largest absolute Gasteiger partial charge is 0.434 e. The van der Waals surface area contributed by atoms with Gasteiger partial charge in [0, 0.05) is 12.7 Å². The maximum atomic E-state index is 14.9. The summed E-state index contributed by atoms with van der Waals surface area (Å²) in [5.74, 6) is -1.61. The Labute approximate surface area is 201 Å². The summed E-state index contributed by atoms with van der Waals surface area (Å²) in [5, 5.41) is 6.30. The van der Waals surface area contributed by atoms with Gasteiger partial charge in [-0.3, -0.25) is 0 Å². The van der Waals surface area contributed by atoms with Crippen molar-refractivity contribution in [2.75, 3.05) is 7.11 Å². The molecule has 35 heavy (non-hydrogen) atoms. The molecule has 11 heteroatoms. The molecule has 0 fully saturated rings. The first-order valence-corrected chi connectivity index (χ1v) is 11.6. The maximum absolute atomic E-state index is 14.9. The number of H-pyrrole nitrogens is 1. The number of nitrogens with one attached hydrogen (secondary N) is 1. The second-order valence-electron chi connectivity index (χ2n) is 7.78. The number of halogens is 4. The highest BCUT2D eigenvalue weighted by Gasteiger charge is 2.30. The molecular formula is C24H21F4N3O3S. The zero-order valence-corrected chi connectivity index (χ0v) is 19.6. The zero-order chi connectivity index (χ0) is 25.2. The average Bonchev–Trinajstić information content (AvgIpc) is 3.44. The van der Waals surface area contributed by atoms with Crippen LogP contribution in [0.1, 0.15) is 47.6 Å². The minimum absolute atomic E-state index is 0.0166. The summed E-state index contributed by atoms with van der Waals surface area (Å²) in [6.45, 7) is 2.04. The van der Waals surface area contributed by atoms with Gasteiger partial charge in [0.25, 0.3) is 5.89 Å². The molecule has 1 unspecified atom stereocenters. The first-order valence-electron chi connectivity index (χ1n) is 10.8. The normalized spacial score (nSPS) is 12.7. The standard InChI is InChI=1S/C24H21F4N3O3S/c1-3-4-5-18-20(35-22(29-18)13-6-9-15(10-7-13)24(26,27)28)19(33-2)14-8-11-16(17(25)12-14)21-30-31-23(32)34-21/h6-12,19H,3-5H2,1-2H3,(H,31,32). The summed E-state index contributed by atoms with van der Waals surface area (Å²) in [5.41, 5.74) is 1.09. The predicted octanol–water partition coefficient (Wildman–Crippen LogP) is 6.39. The first kappa shape index (κ1) is 24.8. The van der Waals surface area contributed by atoms with Crippen LogP contribution in [0.25, 0.3) is 22.0 Å². The van der Waals surface area contributed by atoms with Crippen LogP contribution in [0.3, 0.4) is 0 Å². The fraction of sp³-hybridized carbons (Fsp3) is 0.292. The lowest BCUT2D eigenvalue weighted by molar-refractivity contribution is -0.137. The quantitative estimate of drug-likeness (QED) is 0.280. The number of aromatic nitrogens is 3. The number of benzene rings is 2. The van der Waals surface area contributed by atoms with Crippen LogP contribution in [0.5, 0.6) is 0 Å². The van der Waals surface area contributed by atoms with E-state index in [1.165, 1.54) is 42.7 Å². The van der Waals surface area contributed by atoms with Crippen LogP contribution in [-0.4, -0.2) is 22.3 Å². The van der Waals surface area contributed by atoms with Gasteiger partial charge in [0.1, 0.15) is 16.9 Å². The molecule has 0 aliphatic heterocycles. The molecule has 1 N–H and O–H groups in total. The van der Waals surface area contributed by atoms with Gasteiger partial charge in [-0.1, -0.05) is 31.5 Å². The highest BCUT2D eigenvalue weighted by molar-refractivity contribution is 7.15. The van der Waals surface area contributed by atoms with E-state index in [2.05, 4.69) is 10.2 Å². The van der Waals surface area contributed by atoms with Gasteiger partial charge < -0.3 is 9.15 Å². The molecule has 0 bridgehead atoms. The number of methoxy groups -OCH3 is 1. The van der Waals surface area contributed by atoms with Crippen LogP contribution in [-0.2, 0) is 17.3 Å².